The van der Waals surface area contributed by atoms with Gasteiger partial charge in [0, 0.05) is 10.9 Å². The quantitative estimate of drug-likeness (QED) is 0.749. The molecule has 1 saturated carbocycles. The Morgan fingerprint density at radius 2 is 1.65 bits per heavy atom. The van der Waals surface area contributed by atoms with Crippen LogP contribution in [-0.4, -0.2) is 5.11 Å². The third kappa shape index (κ3) is 2.65. The Kier molecular flexibility index (Phi) is 3.50. The van der Waals surface area contributed by atoms with Gasteiger partial charge in [0.25, 0.3) is 0 Å². The fraction of sp³-hybridized carbons (Fsp3) is 0.667. The van der Waals surface area contributed by atoms with E-state index in [0.717, 1.165) is 42.4 Å². The van der Waals surface area contributed by atoms with Gasteiger partial charge in [-0.15, -0.1) is 0 Å². The zero-order valence-corrected chi connectivity index (χ0v) is 10.2. The lowest BCUT2D eigenvalue weighted by Crippen LogP contribution is -2.27. The van der Waals surface area contributed by atoms with Crippen LogP contribution >= 0.6 is 11.3 Å². The second-order valence-corrected chi connectivity index (χ2v) is 5.39. The van der Waals surface area contributed by atoms with Gasteiger partial charge < -0.3 is 5.11 Å². The average molecular weight is 264 g/mol. The third-order valence-electron chi connectivity index (χ3n) is 3.40. The largest absolute Gasteiger partial charge is 0.417 e. The Balaban J connectivity index is 2.35. The molecule has 1 aliphatic rings. The second-order valence-electron chi connectivity index (χ2n) is 4.64. The number of hydrogen-bond acceptors (Lipinski definition) is 2. The molecule has 1 N–H and O–H groups in total. The van der Waals surface area contributed by atoms with E-state index < -0.39 is 17.3 Å². The molecule has 0 unspecified atom stereocenters. The Morgan fingerprint density at radius 1 is 1.06 bits per heavy atom. The topological polar surface area (TPSA) is 20.2 Å². The molecule has 17 heavy (non-hydrogen) atoms. The van der Waals surface area contributed by atoms with Crippen molar-refractivity contribution >= 4 is 11.3 Å². The molecule has 0 bridgehead atoms. The zero-order valence-electron chi connectivity index (χ0n) is 9.39. The van der Waals surface area contributed by atoms with Crippen LogP contribution in [0.15, 0.2) is 10.8 Å². The van der Waals surface area contributed by atoms with Crippen LogP contribution in [0.3, 0.4) is 0 Å². The fourth-order valence-electron chi connectivity index (χ4n) is 2.46. The van der Waals surface area contributed by atoms with Crippen LogP contribution in [0.2, 0.25) is 0 Å². The maximum atomic E-state index is 12.8. The normalized spacial score (nSPS) is 21.2. The molecular formula is C12H15F3OS. The summed E-state index contributed by atoms with van der Waals surface area (Å²) in [7, 11) is 0. The Morgan fingerprint density at radius 3 is 2.18 bits per heavy atom. The molecule has 0 amide bonds. The summed E-state index contributed by atoms with van der Waals surface area (Å²) >= 11 is 1.01. The van der Waals surface area contributed by atoms with Gasteiger partial charge in [0.1, 0.15) is 0 Å². The Hall–Kier alpha value is -0.550. The van der Waals surface area contributed by atoms with Crippen LogP contribution in [-0.2, 0) is 11.8 Å². The van der Waals surface area contributed by atoms with Gasteiger partial charge in [0.15, 0.2) is 0 Å². The summed E-state index contributed by atoms with van der Waals surface area (Å²) in [5, 5.41) is 13.0. The van der Waals surface area contributed by atoms with Gasteiger partial charge in [0.2, 0.25) is 0 Å². The second kappa shape index (κ2) is 4.61. The number of hydrogen-bond donors (Lipinski definition) is 1. The van der Waals surface area contributed by atoms with Crippen LogP contribution < -0.4 is 0 Å². The standard InChI is InChI=1S/C12H15F3OS/c13-12(14,15)10-8-17-7-9(10)11(16)5-3-1-2-4-6-11/h7-8,16H,1-6H2. The van der Waals surface area contributed by atoms with E-state index in [2.05, 4.69) is 0 Å². The van der Waals surface area contributed by atoms with Crippen LogP contribution in [0, 0.1) is 0 Å². The van der Waals surface area contributed by atoms with Crippen molar-refractivity contribution < 1.29 is 18.3 Å². The molecule has 1 aromatic rings. The minimum absolute atomic E-state index is 0.0805. The van der Waals surface area contributed by atoms with Crippen molar-refractivity contribution in [1.82, 2.24) is 0 Å². The van der Waals surface area contributed by atoms with E-state index in [1.54, 1.807) is 0 Å². The molecular weight excluding hydrogens is 249 g/mol. The average Bonchev–Trinajstić information content (AvgIpc) is 2.64. The van der Waals surface area contributed by atoms with Gasteiger partial charge in [-0.2, -0.15) is 24.5 Å². The molecule has 1 heterocycles. The molecule has 2 rings (SSSR count). The van der Waals surface area contributed by atoms with Crippen LogP contribution in [0.1, 0.15) is 49.7 Å². The highest BCUT2D eigenvalue weighted by Crippen LogP contribution is 2.44. The predicted molar refractivity (Wildman–Crippen MR) is 60.9 cm³/mol. The monoisotopic (exact) mass is 264 g/mol. The third-order valence-corrected chi connectivity index (χ3v) is 4.14. The summed E-state index contributed by atoms with van der Waals surface area (Å²) in [5.74, 6) is 0. The lowest BCUT2D eigenvalue weighted by Gasteiger charge is -2.28. The molecule has 0 aliphatic heterocycles. The maximum Gasteiger partial charge on any atom is 0.417 e. The molecule has 96 valence electrons. The predicted octanol–water partition coefficient (Wildman–Crippen LogP) is 4.31. The first-order chi connectivity index (χ1) is 7.93. The minimum atomic E-state index is -4.36. The number of alkyl halides is 3. The molecule has 1 aliphatic carbocycles. The Labute approximate surface area is 102 Å². The van der Waals surface area contributed by atoms with E-state index in [1.807, 2.05) is 0 Å². The fourth-order valence-corrected chi connectivity index (χ4v) is 3.41. The molecule has 1 fully saturated rings. The zero-order chi connectivity index (χ0) is 12.5. The van der Waals surface area contributed by atoms with Gasteiger partial charge in [-0.1, -0.05) is 25.7 Å². The van der Waals surface area contributed by atoms with Crippen molar-refractivity contribution in [2.45, 2.75) is 50.3 Å². The number of rotatable bonds is 1. The van der Waals surface area contributed by atoms with E-state index in [1.165, 1.54) is 5.38 Å². The van der Waals surface area contributed by atoms with Crippen molar-refractivity contribution in [3.63, 3.8) is 0 Å². The molecule has 0 atom stereocenters. The van der Waals surface area contributed by atoms with Crippen LogP contribution in [0.4, 0.5) is 13.2 Å². The molecule has 0 saturated heterocycles. The van der Waals surface area contributed by atoms with Gasteiger partial charge in [-0.3, -0.25) is 0 Å². The molecule has 0 aromatic carbocycles. The highest BCUT2D eigenvalue weighted by atomic mass is 32.1. The summed E-state index contributed by atoms with van der Waals surface area (Å²) in [4.78, 5) is 0. The van der Waals surface area contributed by atoms with Crippen LogP contribution in [0.25, 0.3) is 0 Å². The minimum Gasteiger partial charge on any atom is -0.385 e. The molecule has 1 nitrogen and oxygen atoms in total. The van der Waals surface area contributed by atoms with E-state index in [0.29, 0.717) is 12.8 Å². The first-order valence-corrected chi connectivity index (χ1v) is 6.74. The summed E-state index contributed by atoms with van der Waals surface area (Å²) in [6.07, 6.45) is 0.0892. The van der Waals surface area contributed by atoms with Crippen molar-refractivity contribution in [2.75, 3.05) is 0 Å². The summed E-state index contributed by atoms with van der Waals surface area (Å²) < 4.78 is 38.4. The van der Waals surface area contributed by atoms with Gasteiger partial charge in [-0.05, 0) is 18.2 Å². The maximum absolute atomic E-state index is 12.8. The lowest BCUT2D eigenvalue weighted by molar-refractivity contribution is -0.140. The van der Waals surface area contributed by atoms with Crippen molar-refractivity contribution in [2.24, 2.45) is 0 Å². The number of thiophene rings is 1. The molecule has 1 aromatic heterocycles. The van der Waals surface area contributed by atoms with Crippen molar-refractivity contribution in [3.05, 3.63) is 21.9 Å². The van der Waals surface area contributed by atoms with E-state index in [-0.39, 0.29) is 5.56 Å². The smallest absolute Gasteiger partial charge is 0.385 e. The summed E-state index contributed by atoms with van der Waals surface area (Å²) in [6.45, 7) is 0. The van der Waals surface area contributed by atoms with Gasteiger partial charge in [-0.25, -0.2) is 0 Å². The first-order valence-electron chi connectivity index (χ1n) is 5.80. The van der Waals surface area contributed by atoms with Crippen molar-refractivity contribution in [3.8, 4) is 0 Å². The molecule has 5 heteroatoms. The lowest BCUT2D eigenvalue weighted by atomic mass is 9.86. The van der Waals surface area contributed by atoms with Gasteiger partial charge in [0.05, 0.1) is 11.2 Å². The summed E-state index contributed by atoms with van der Waals surface area (Å²) in [6, 6.07) is 0. The first kappa shape index (κ1) is 12.9. The highest BCUT2D eigenvalue weighted by molar-refractivity contribution is 7.08. The molecule has 0 spiro atoms. The summed E-state index contributed by atoms with van der Waals surface area (Å²) in [5.41, 5.74) is -1.86. The van der Waals surface area contributed by atoms with Crippen LogP contribution in [0.5, 0.6) is 0 Å². The van der Waals surface area contributed by atoms with Crippen molar-refractivity contribution in [1.29, 1.82) is 0 Å². The SMILES string of the molecule is OC1(c2cscc2C(F)(F)F)CCCCCC1. The number of aliphatic hydroxyl groups is 1. The van der Waals surface area contributed by atoms with E-state index in [9.17, 15) is 18.3 Å². The number of halogens is 3. The van der Waals surface area contributed by atoms with Gasteiger partial charge >= 0.3 is 6.18 Å². The van der Waals surface area contributed by atoms with E-state index in [4.69, 9.17) is 0 Å². The highest BCUT2D eigenvalue weighted by Gasteiger charge is 2.41. The Bertz CT molecular complexity index is 375. The molecule has 0 radical (unpaired) electrons. The van der Waals surface area contributed by atoms with E-state index >= 15 is 0 Å².